The minimum absolute atomic E-state index is 0.0532. The molecule has 0 saturated carbocycles. The minimum atomic E-state index is -0.730. The van der Waals surface area contributed by atoms with Gasteiger partial charge in [0.2, 0.25) is 5.75 Å². The van der Waals surface area contributed by atoms with Crippen LogP contribution in [-0.2, 0) is 4.74 Å². The van der Waals surface area contributed by atoms with Crippen molar-refractivity contribution in [2.24, 2.45) is 0 Å². The third-order valence-electron chi connectivity index (χ3n) is 4.77. The van der Waals surface area contributed by atoms with E-state index in [1.165, 1.54) is 33.5 Å². The number of rotatable bonds is 8. The fourth-order valence-electron chi connectivity index (χ4n) is 3.31. The predicted molar refractivity (Wildman–Crippen MR) is 121 cm³/mol. The molecule has 0 fully saturated rings. The summed E-state index contributed by atoms with van der Waals surface area (Å²) in [6.45, 7) is 3.44. The summed E-state index contributed by atoms with van der Waals surface area (Å²) in [7, 11) is 4.31. The van der Waals surface area contributed by atoms with Crippen molar-refractivity contribution in [3.63, 3.8) is 0 Å². The SMILES string of the molecule is CCOC(=O)c1c(C=O)oc2c(C)cc(OC(=O)c3cc(OC)c(OC)c(OC)c3)c(Br)c12. The van der Waals surface area contributed by atoms with Gasteiger partial charge in [0.05, 0.1) is 43.4 Å². The summed E-state index contributed by atoms with van der Waals surface area (Å²) >= 11 is 3.38. The fraction of sp³-hybridized carbons (Fsp3) is 0.261. The number of hydrogen-bond donors (Lipinski definition) is 0. The number of carbonyl (C=O) groups excluding carboxylic acids is 3. The average Bonchev–Trinajstić information content (AvgIpc) is 3.22. The summed E-state index contributed by atoms with van der Waals surface area (Å²) < 4.78 is 32.3. The largest absolute Gasteiger partial charge is 0.493 e. The van der Waals surface area contributed by atoms with E-state index in [0.717, 1.165) is 0 Å². The number of aldehydes is 1. The summed E-state index contributed by atoms with van der Waals surface area (Å²) in [6, 6.07) is 4.46. The number of carbonyl (C=O) groups is 3. The predicted octanol–water partition coefficient (Wildman–Crippen LogP) is 4.74. The average molecular weight is 521 g/mol. The van der Waals surface area contributed by atoms with Crippen LogP contribution >= 0.6 is 15.9 Å². The molecular formula is C23H21BrO9. The first-order valence-electron chi connectivity index (χ1n) is 9.71. The molecule has 0 radical (unpaired) electrons. The number of ether oxygens (including phenoxy) is 5. The van der Waals surface area contributed by atoms with Crippen molar-refractivity contribution in [3.05, 3.63) is 45.1 Å². The lowest BCUT2D eigenvalue weighted by molar-refractivity contribution is 0.0524. The van der Waals surface area contributed by atoms with Gasteiger partial charge in [-0.25, -0.2) is 9.59 Å². The Morgan fingerprint density at radius 2 is 1.64 bits per heavy atom. The Morgan fingerprint density at radius 1 is 1.00 bits per heavy atom. The maximum absolute atomic E-state index is 13.0. The van der Waals surface area contributed by atoms with Crippen molar-refractivity contribution in [3.8, 4) is 23.0 Å². The van der Waals surface area contributed by atoms with Crippen molar-refractivity contribution in [2.75, 3.05) is 27.9 Å². The molecule has 0 aliphatic rings. The molecule has 0 unspecified atom stereocenters. The highest BCUT2D eigenvalue weighted by Crippen LogP contribution is 2.42. The quantitative estimate of drug-likeness (QED) is 0.236. The van der Waals surface area contributed by atoms with Crippen LogP contribution in [0.3, 0.4) is 0 Å². The lowest BCUT2D eigenvalue weighted by Crippen LogP contribution is -2.11. The van der Waals surface area contributed by atoms with E-state index in [1.807, 2.05) is 0 Å². The second-order valence-electron chi connectivity index (χ2n) is 6.69. The standard InChI is InChI=1S/C23H21BrO9/c1-6-31-23(27)17-16(10-25)32-20-11(2)7-13(19(24)18(17)20)33-22(26)12-8-14(28-3)21(30-5)15(9-12)29-4/h7-10H,6H2,1-5H3. The fourth-order valence-corrected chi connectivity index (χ4v) is 3.88. The molecule has 0 aliphatic carbocycles. The van der Waals surface area contributed by atoms with Gasteiger partial charge in [0.15, 0.2) is 23.5 Å². The van der Waals surface area contributed by atoms with Gasteiger partial charge in [0.25, 0.3) is 0 Å². The zero-order valence-corrected chi connectivity index (χ0v) is 20.2. The minimum Gasteiger partial charge on any atom is -0.493 e. The zero-order chi connectivity index (χ0) is 24.3. The van der Waals surface area contributed by atoms with Crippen LogP contribution in [-0.4, -0.2) is 46.2 Å². The van der Waals surface area contributed by atoms with E-state index in [9.17, 15) is 14.4 Å². The molecule has 10 heteroatoms. The van der Waals surface area contributed by atoms with Crippen molar-refractivity contribution in [1.29, 1.82) is 0 Å². The van der Waals surface area contributed by atoms with Crippen LogP contribution in [0.1, 0.15) is 43.8 Å². The molecule has 2 aromatic carbocycles. The normalized spacial score (nSPS) is 10.6. The summed E-state index contributed by atoms with van der Waals surface area (Å²) in [6.07, 6.45) is 0.430. The van der Waals surface area contributed by atoms with Gasteiger partial charge in [-0.3, -0.25) is 4.79 Å². The smallest absolute Gasteiger partial charge is 0.343 e. The van der Waals surface area contributed by atoms with Crippen molar-refractivity contribution < 1.29 is 42.5 Å². The number of halogens is 1. The van der Waals surface area contributed by atoms with Gasteiger partial charge in [-0.15, -0.1) is 0 Å². The van der Waals surface area contributed by atoms with Crippen molar-refractivity contribution in [2.45, 2.75) is 13.8 Å². The van der Waals surface area contributed by atoms with E-state index in [4.69, 9.17) is 28.1 Å². The number of hydrogen-bond acceptors (Lipinski definition) is 9. The van der Waals surface area contributed by atoms with Gasteiger partial charge in [-0.05, 0) is 53.5 Å². The van der Waals surface area contributed by atoms with Gasteiger partial charge >= 0.3 is 11.9 Å². The van der Waals surface area contributed by atoms with Gasteiger partial charge in [-0.2, -0.15) is 0 Å². The maximum Gasteiger partial charge on any atom is 0.343 e. The van der Waals surface area contributed by atoms with Crippen LogP contribution in [0.15, 0.2) is 27.1 Å². The number of aryl methyl sites for hydroxylation is 1. The third kappa shape index (κ3) is 4.38. The van der Waals surface area contributed by atoms with Crippen LogP contribution in [0.4, 0.5) is 0 Å². The molecule has 1 aromatic heterocycles. The van der Waals surface area contributed by atoms with E-state index in [1.54, 1.807) is 19.9 Å². The Bertz CT molecular complexity index is 1220. The monoisotopic (exact) mass is 520 g/mol. The second-order valence-corrected chi connectivity index (χ2v) is 7.49. The summed E-state index contributed by atoms with van der Waals surface area (Å²) in [5.74, 6) is -0.622. The molecule has 0 aliphatic heterocycles. The summed E-state index contributed by atoms with van der Waals surface area (Å²) in [5.41, 5.74) is 0.919. The molecule has 9 nitrogen and oxygen atoms in total. The summed E-state index contributed by atoms with van der Waals surface area (Å²) in [5, 5.41) is 0.267. The Hall–Kier alpha value is -3.53. The first-order valence-corrected chi connectivity index (χ1v) is 10.5. The molecule has 1 heterocycles. The number of benzene rings is 2. The number of fused-ring (bicyclic) bond motifs is 1. The third-order valence-corrected chi connectivity index (χ3v) is 5.55. The van der Waals surface area contributed by atoms with Gasteiger partial charge in [0.1, 0.15) is 16.9 Å². The molecule has 3 rings (SSSR count). The van der Waals surface area contributed by atoms with Gasteiger partial charge < -0.3 is 28.1 Å². The second kappa shape index (κ2) is 9.95. The highest BCUT2D eigenvalue weighted by molar-refractivity contribution is 9.10. The van der Waals surface area contributed by atoms with Crippen molar-refractivity contribution in [1.82, 2.24) is 0 Å². The molecule has 0 atom stereocenters. The lowest BCUT2D eigenvalue weighted by atomic mass is 10.1. The molecule has 0 amide bonds. The molecule has 0 saturated heterocycles. The van der Waals surface area contributed by atoms with E-state index in [0.29, 0.717) is 23.2 Å². The molecule has 0 bridgehead atoms. The molecular weight excluding hydrogens is 500 g/mol. The maximum atomic E-state index is 13.0. The van der Waals surface area contributed by atoms with E-state index < -0.39 is 11.9 Å². The highest BCUT2D eigenvalue weighted by Gasteiger charge is 2.28. The van der Waals surface area contributed by atoms with E-state index in [2.05, 4.69) is 15.9 Å². The molecule has 3 aromatic rings. The first kappa shape index (κ1) is 24.1. The number of furan rings is 1. The molecule has 0 N–H and O–H groups in total. The van der Waals surface area contributed by atoms with Crippen LogP contribution in [0.5, 0.6) is 23.0 Å². The van der Waals surface area contributed by atoms with Gasteiger partial charge in [-0.1, -0.05) is 0 Å². The Labute approximate surface area is 197 Å². The van der Waals surface area contributed by atoms with E-state index in [-0.39, 0.29) is 50.6 Å². The molecule has 0 spiro atoms. The topological polar surface area (TPSA) is 111 Å². The Balaban J connectivity index is 2.11. The van der Waals surface area contributed by atoms with Crippen LogP contribution in [0.2, 0.25) is 0 Å². The van der Waals surface area contributed by atoms with Gasteiger partial charge in [0, 0.05) is 0 Å². The first-order chi connectivity index (χ1) is 15.8. The summed E-state index contributed by atoms with van der Waals surface area (Å²) in [4.78, 5) is 37.0. The van der Waals surface area contributed by atoms with E-state index >= 15 is 0 Å². The Kier molecular flexibility index (Phi) is 7.27. The number of methoxy groups -OCH3 is 3. The van der Waals surface area contributed by atoms with Crippen LogP contribution in [0, 0.1) is 6.92 Å². The molecule has 174 valence electrons. The number of esters is 2. The Morgan fingerprint density at radius 3 is 2.15 bits per heavy atom. The highest BCUT2D eigenvalue weighted by atomic mass is 79.9. The van der Waals surface area contributed by atoms with Crippen LogP contribution < -0.4 is 18.9 Å². The van der Waals surface area contributed by atoms with Crippen LogP contribution in [0.25, 0.3) is 11.0 Å². The lowest BCUT2D eigenvalue weighted by Gasteiger charge is -2.14. The van der Waals surface area contributed by atoms with Crippen molar-refractivity contribution >= 4 is 45.1 Å². The molecule has 33 heavy (non-hydrogen) atoms. The zero-order valence-electron chi connectivity index (χ0n) is 18.6.